The number of sulfone groups is 1. The van der Waals surface area contributed by atoms with Crippen LogP contribution in [0.25, 0.3) is 10.9 Å². The summed E-state index contributed by atoms with van der Waals surface area (Å²) in [7, 11) is -3.73. The lowest BCUT2D eigenvalue weighted by Crippen LogP contribution is -2.39. The second-order valence-corrected chi connectivity index (χ2v) is 9.75. The number of nitrogens with one attached hydrogen (secondary N) is 2. The molecule has 0 bridgehead atoms. The van der Waals surface area contributed by atoms with Gasteiger partial charge in [0, 0.05) is 36.2 Å². The van der Waals surface area contributed by atoms with Crippen molar-refractivity contribution < 1.29 is 27.1 Å². The van der Waals surface area contributed by atoms with Crippen molar-refractivity contribution in [2.45, 2.75) is 31.7 Å². The van der Waals surface area contributed by atoms with Crippen molar-refractivity contribution in [2.24, 2.45) is 0 Å². The molecule has 0 saturated heterocycles. The summed E-state index contributed by atoms with van der Waals surface area (Å²) in [6.45, 7) is 4.09. The maximum Gasteiger partial charge on any atom is 0.314 e. The van der Waals surface area contributed by atoms with Gasteiger partial charge in [-0.15, -0.1) is 0 Å². The maximum atomic E-state index is 13.3. The van der Waals surface area contributed by atoms with Gasteiger partial charge in [0.1, 0.15) is 5.82 Å². The van der Waals surface area contributed by atoms with Gasteiger partial charge in [0.15, 0.2) is 9.84 Å². The maximum absolute atomic E-state index is 13.3. The molecule has 0 aliphatic rings. The molecular formula is C24H28FN3O5S. The first-order valence-electron chi connectivity index (χ1n) is 10.9. The van der Waals surface area contributed by atoms with Crippen LogP contribution < -0.4 is 10.6 Å². The monoisotopic (exact) mass is 489 g/mol. The highest BCUT2D eigenvalue weighted by Gasteiger charge is 2.25. The summed E-state index contributed by atoms with van der Waals surface area (Å²) in [6.07, 6.45) is 0.0340. The molecule has 2 amide bonds. The van der Waals surface area contributed by atoms with Crippen LogP contribution in [-0.2, 0) is 25.9 Å². The molecule has 10 heteroatoms. The van der Waals surface area contributed by atoms with Crippen LogP contribution in [0.4, 0.5) is 9.18 Å². The molecule has 8 nitrogen and oxygen atoms in total. The number of carbonyl (C=O) groups excluding carboxylic acids is 2. The molecule has 3 rings (SSSR count). The van der Waals surface area contributed by atoms with Crippen molar-refractivity contribution in [2.75, 3.05) is 25.4 Å². The van der Waals surface area contributed by atoms with Crippen LogP contribution in [-0.4, -0.2) is 50.4 Å². The minimum atomic E-state index is -3.73. The average Bonchev–Trinajstić information content (AvgIpc) is 3.07. The minimum absolute atomic E-state index is 0.0340. The zero-order chi connectivity index (χ0) is 24.7. The third-order valence-corrected chi connectivity index (χ3v) is 7.19. The van der Waals surface area contributed by atoms with Crippen molar-refractivity contribution in [1.29, 1.82) is 0 Å². The number of para-hydroxylation sites is 1. The summed E-state index contributed by atoms with van der Waals surface area (Å²) in [5.41, 5.74) is 2.17. The van der Waals surface area contributed by atoms with Gasteiger partial charge in [-0.2, -0.15) is 0 Å². The van der Waals surface area contributed by atoms with Crippen molar-refractivity contribution >= 4 is 32.7 Å². The van der Waals surface area contributed by atoms with Gasteiger partial charge < -0.3 is 19.9 Å². The SMILES string of the molecule is CCOC(=O)CCNC(=O)NCCS(=O)(=O)c1c(C)n(Cc2ccc(F)cc2)c2ccccc12. The number of carbonyl (C=O) groups is 2. The summed E-state index contributed by atoms with van der Waals surface area (Å²) in [6, 6.07) is 12.7. The normalized spacial score (nSPS) is 11.4. The van der Waals surface area contributed by atoms with Gasteiger partial charge in [-0.25, -0.2) is 17.6 Å². The Morgan fingerprint density at radius 2 is 1.71 bits per heavy atom. The molecule has 2 aromatic carbocycles. The first-order valence-corrected chi connectivity index (χ1v) is 12.6. The lowest BCUT2D eigenvalue weighted by molar-refractivity contribution is -0.142. The average molecular weight is 490 g/mol. The molecule has 0 fully saturated rings. The highest BCUT2D eigenvalue weighted by molar-refractivity contribution is 7.91. The Morgan fingerprint density at radius 3 is 2.41 bits per heavy atom. The smallest absolute Gasteiger partial charge is 0.314 e. The number of esters is 1. The Bertz CT molecular complexity index is 1270. The van der Waals surface area contributed by atoms with Crippen molar-refractivity contribution in [3.05, 3.63) is 65.6 Å². The number of aromatic nitrogens is 1. The van der Waals surface area contributed by atoms with E-state index < -0.39 is 21.8 Å². The Balaban J connectivity index is 1.71. The molecule has 3 aromatic rings. The van der Waals surface area contributed by atoms with Crippen LogP contribution >= 0.6 is 0 Å². The van der Waals surface area contributed by atoms with Gasteiger partial charge in [-0.05, 0) is 37.6 Å². The van der Waals surface area contributed by atoms with Crippen LogP contribution in [0.5, 0.6) is 0 Å². The van der Waals surface area contributed by atoms with E-state index in [2.05, 4.69) is 10.6 Å². The molecule has 0 atom stereocenters. The molecule has 0 aliphatic heterocycles. The molecule has 1 aromatic heterocycles. The lowest BCUT2D eigenvalue weighted by Gasteiger charge is -2.10. The van der Waals surface area contributed by atoms with Gasteiger partial charge in [-0.1, -0.05) is 30.3 Å². The number of fused-ring (bicyclic) bond motifs is 1. The number of halogens is 1. The molecule has 1 heterocycles. The molecular weight excluding hydrogens is 461 g/mol. The van der Waals surface area contributed by atoms with Crippen molar-refractivity contribution in [3.8, 4) is 0 Å². The van der Waals surface area contributed by atoms with E-state index in [9.17, 15) is 22.4 Å². The first-order chi connectivity index (χ1) is 16.2. The molecule has 0 aliphatic carbocycles. The Labute approximate surface area is 198 Å². The zero-order valence-corrected chi connectivity index (χ0v) is 20.0. The standard InChI is InChI=1S/C24H28FN3O5S/c1-3-33-22(29)12-13-26-24(30)27-14-15-34(31,32)23-17(2)28(21-7-5-4-6-20(21)23)16-18-8-10-19(25)11-9-18/h4-11H,3,12-16H2,1-2H3,(H2,26,27,30). The molecule has 0 saturated carbocycles. The zero-order valence-electron chi connectivity index (χ0n) is 19.1. The Morgan fingerprint density at radius 1 is 1.03 bits per heavy atom. The summed E-state index contributed by atoms with van der Waals surface area (Å²) < 4.78 is 46.4. The predicted octanol–water partition coefficient (Wildman–Crippen LogP) is 3.16. The number of nitrogens with zero attached hydrogens (tertiary/aromatic N) is 1. The fraction of sp³-hybridized carbons (Fsp3) is 0.333. The lowest BCUT2D eigenvalue weighted by atomic mass is 10.2. The van der Waals surface area contributed by atoms with E-state index in [-0.39, 0.29) is 42.6 Å². The number of hydrogen-bond donors (Lipinski definition) is 2. The second-order valence-electron chi connectivity index (χ2n) is 7.70. The van der Waals surface area contributed by atoms with E-state index in [0.717, 1.165) is 11.1 Å². The van der Waals surface area contributed by atoms with E-state index in [4.69, 9.17) is 4.74 Å². The number of amides is 2. The highest BCUT2D eigenvalue weighted by atomic mass is 32.2. The van der Waals surface area contributed by atoms with E-state index in [1.54, 1.807) is 38.1 Å². The number of ether oxygens (including phenoxy) is 1. The van der Waals surface area contributed by atoms with Gasteiger partial charge in [0.05, 0.1) is 23.7 Å². The second kappa shape index (κ2) is 11.1. The fourth-order valence-corrected chi connectivity index (χ4v) is 5.39. The van der Waals surface area contributed by atoms with Crippen LogP contribution in [0, 0.1) is 12.7 Å². The van der Waals surface area contributed by atoms with Gasteiger partial charge in [-0.3, -0.25) is 4.79 Å². The molecule has 0 radical (unpaired) electrons. The van der Waals surface area contributed by atoms with Crippen molar-refractivity contribution in [3.63, 3.8) is 0 Å². The van der Waals surface area contributed by atoms with Gasteiger partial charge in [0.25, 0.3) is 0 Å². The molecule has 182 valence electrons. The van der Waals surface area contributed by atoms with Crippen LogP contribution in [0.15, 0.2) is 53.4 Å². The largest absolute Gasteiger partial charge is 0.466 e. The third-order valence-electron chi connectivity index (χ3n) is 5.31. The fourth-order valence-electron chi connectivity index (χ4n) is 3.74. The van der Waals surface area contributed by atoms with Gasteiger partial charge >= 0.3 is 12.0 Å². The number of urea groups is 1. The van der Waals surface area contributed by atoms with E-state index in [0.29, 0.717) is 17.6 Å². The van der Waals surface area contributed by atoms with E-state index >= 15 is 0 Å². The van der Waals surface area contributed by atoms with Crippen LogP contribution in [0.2, 0.25) is 0 Å². The van der Waals surface area contributed by atoms with Crippen molar-refractivity contribution in [1.82, 2.24) is 15.2 Å². The summed E-state index contributed by atoms with van der Waals surface area (Å²) in [5, 5.41) is 5.61. The molecule has 0 spiro atoms. The van der Waals surface area contributed by atoms with E-state index in [1.165, 1.54) is 12.1 Å². The van der Waals surface area contributed by atoms with E-state index in [1.807, 2.05) is 16.7 Å². The van der Waals surface area contributed by atoms with Gasteiger partial charge in [0.2, 0.25) is 0 Å². The summed E-state index contributed by atoms with van der Waals surface area (Å²) in [4.78, 5) is 23.4. The Kier molecular flexibility index (Phi) is 8.27. The highest BCUT2D eigenvalue weighted by Crippen LogP contribution is 2.31. The number of hydrogen-bond acceptors (Lipinski definition) is 5. The predicted molar refractivity (Wildman–Crippen MR) is 127 cm³/mol. The number of benzene rings is 2. The summed E-state index contributed by atoms with van der Waals surface area (Å²) in [5.74, 6) is -1.04. The molecule has 34 heavy (non-hydrogen) atoms. The third kappa shape index (κ3) is 6.13. The Hall–Kier alpha value is -3.40. The topological polar surface area (TPSA) is 106 Å². The molecule has 0 unspecified atom stereocenters. The summed E-state index contributed by atoms with van der Waals surface area (Å²) >= 11 is 0. The number of rotatable bonds is 10. The van der Waals surface area contributed by atoms with Crippen LogP contribution in [0.1, 0.15) is 24.6 Å². The quantitative estimate of drug-likeness (QED) is 0.426. The molecule has 2 N–H and O–H groups in total. The van der Waals surface area contributed by atoms with Crippen LogP contribution in [0.3, 0.4) is 0 Å². The minimum Gasteiger partial charge on any atom is -0.466 e. The first kappa shape index (κ1) is 25.2.